The van der Waals surface area contributed by atoms with Gasteiger partial charge in [-0.05, 0) is 43.8 Å². The van der Waals surface area contributed by atoms with Crippen molar-refractivity contribution >= 4 is 15.9 Å². The molecule has 0 spiro atoms. The third kappa shape index (κ3) is 3.09. The molecule has 0 aliphatic heterocycles. The Bertz CT molecular complexity index is 543. The molecule has 94 valence electrons. The molecule has 0 saturated carbocycles. The van der Waals surface area contributed by atoms with Crippen LogP contribution in [0, 0.1) is 6.92 Å². The number of nitrogens with one attached hydrogen (secondary N) is 1. The molecule has 4 heteroatoms. The van der Waals surface area contributed by atoms with Crippen molar-refractivity contribution in [3.05, 3.63) is 52.3 Å². The van der Waals surface area contributed by atoms with Crippen LogP contribution in [0.2, 0.25) is 0 Å². The summed E-state index contributed by atoms with van der Waals surface area (Å²) in [6.45, 7) is 2.78. The number of benzene rings is 1. The molecule has 0 saturated heterocycles. The summed E-state index contributed by atoms with van der Waals surface area (Å²) >= 11 is 3.44. The van der Waals surface area contributed by atoms with Gasteiger partial charge in [0.1, 0.15) is 11.5 Å². The Kier molecular flexibility index (Phi) is 4.33. The molecule has 0 unspecified atom stereocenters. The van der Waals surface area contributed by atoms with Crippen LogP contribution in [0.25, 0.3) is 0 Å². The summed E-state index contributed by atoms with van der Waals surface area (Å²) in [6, 6.07) is 7.91. The number of pyridine rings is 1. The average molecular weight is 307 g/mol. The lowest BCUT2D eigenvalue weighted by Crippen LogP contribution is -2.06. The maximum absolute atomic E-state index is 5.92. The Balaban J connectivity index is 2.28. The lowest BCUT2D eigenvalue weighted by atomic mass is 10.2. The Hall–Kier alpha value is -1.39. The van der Waals surface area contributed by atoms with E-state index in [4.69, 9.17) is 4.74 Å². The molecular weight excluding hydrogens is 292 g/mol. The summed E-state index contributed by atoms with van der Waals surface area (Å²) in [7, 11) is 1.91. The van der Waals surface area contributed by atoms with Gasteiger partial charge in [0.05, 0.1) is 6.20 Å². The molecule has 1 aromatic carbocycles. The van der Waals surface area contributed by atoms with Crippen LogP contribution in [-0.2, 0) is 6.54 Å². The molecule has 1 aromatic heterocycles. The van der Waals surface area contributed by atoms with Crippen molar-refractivity contribution in [2.75, 3.05) is 7.05 Å². The van der Waals surface area contributed by atoms with E-state index in [0.717, 1.165) is 33.6 Å². The van der Waals surface area contributed by atoms with Gasteiger partial charge in [-0.1, -0.05) is 15.9 Å². The van der Waals surface area contributed by atoms with Gasteiger partial charge in [-0.25, -0.2) is 0 Å². The van der Waals surface area contributed by atoms with Crippen LogP contribution in [0.15, 0.2) is 41.1 Å². The van der Waals surface area contributed by atoms with Crippen LogP contribution in [0.1, 0.15) is 11.1 Å². The molecule has 1 heterocycles. The second-order valence-electron chi connectivity index (χ2n) is 4.03. The number of aromatic nitrogens is 1. The van der Waals surface area contributed by atoms with Gasteiger partial charge in [-0.2, -0.15) is 0 Å². The third-order valence-electron chi connectivity index (χ3n) is 2.59. The lowest BCUT2D eigenvalue weighted by molar-refractivity contribution is 0.468. The Labute approximate surface area is 115 Å². The first-order valence-corrected chi connectivity index (χ1v) is 6.51. The minimum atomic E-state index is 0.757. The van der Waals surface area contributed by atoms with Crippen molar-refractivity contribution in [2.24, 2.45) is 0 Å². The largest absolute Gasteiger partial charge is 0.455 e. The normalized spacial score (nSPS) is 10.4. The number of aryl methyl sites for hydroxylation is 1. The van der Waals surface area contributed by atoms with E-state index in [1.165, 1.54) is 0 Å². The first-order chi connectivity index (χ1) is 8.70. The van der Waals surface area contributed by atoms with Crippen molar-refractivity contribution in [1.29, 1.82) is 0 Å². The first kappa shape index (κ1) is 13.1. The highest BCUT2D eigenvalue weighted by atomic mass is 79.9. The predicted octanol–water partition coefficient (Wildman–Crippen LogP) is 3.66. The Morgan fingerprint density at radius 2 is 2.11 bits per heavy atom. The monoisotopic (exact) mass is 306 g/mol. The van der Waals surface area contributed by atoms with Gasteiger partial charge in [0.25, 0.3) is 0 Å². The Morgan fingerprint density at radius 3 is 2.83 bits per heavy atom. The molecule has 0 aliphatic carbocycles. The smallest absolute Gasteiger partial charge is 0.150 e. The van der Waals surface area contributed by atoms with Crippen LogP contribution in [0.5, 0.6) is 11.5 Å². The van der Waals surface area contributed by atoms with Crippen molar-refractivity contribution in [3.8, 4) is 11.5 Å². The van der Waals surface area contributed by atoms with Gasteiger partial charge >= 0.3 is 0 Å². The molecule has 0 atom stereocenters. The summed E-state index contributed by atoms with van der Waals surface area (Å²) < 4.78 is 6.97. The fourth-order valence-corrected chi connectivity index (χ4v) is 2.16. The number of hydrogen-bond donors (Lipinski definition) is 1. The van der Waals surface area contributed by atoms with Crippen molar-refractivity contribution in [1.82, 2.24) is 10.3 Å². The topological polar surface area (TPSA) is 34.2 Å². The van der Waals surface area contributed by atoms with E-state index in [-0.39, 0.29) is 0 Å². The van der Waals surface area contributed by atoms with Crippen LogP contribution < -0.4 is 10.1 Å². The second-order valence-corrected chi connectivity index (χ2v) is 4.94. The van der Waals surface area contributed by atoms with E-state index in [2.05, 4.69) is 26.2 Å². The predicted molar refractivity (Wildman–Crippen MR) is 76.0 cm³/mol. The quantitative estimate of drug-likeness (QED) is 0.936. The third-order valence-corrected chi connectivity index (χ3v) is 3.09. The Morgan fingerprint density at radius 1 is 1.28 bits per heavy atom. The van der Waals surface area contributed by atoms with Crippen molar-refractivity contribution < 1.29 is 4.74 Å². The fraction of sp³-hybridized carbons (Fsp3) is 0.214. The molecule has 18 heavy (non-hydrogen) atoms. The summed E-state index contributed by atoms with van der Waals surface area (Å²) in [4.78, 5) is 4.11. The number of nitrogens with zero attached hydrogens (tertiary/aromatic N) is 1. The van der Waals surface area contributed by atoms with Gasteiger partial charge < -0.3 is 10.1 Å². The molecule has 3 nitrogen and oxygen atoms in total. The van der Waals surface area contributed by atoms with Crippen LogP contribution in [-0.4, -0.2) is 12.0 Å². The molecular formula is C14H15BrN2O. The van der Waals surface area contributed by atoms with Crippen molar-refractivity contribution in [3.63, 3.8) is 0 Å². The molecule has 0 radical (unpaired) electrons. The highest BCUT2D eigenvalue weighted by Crippen LogP contribution is 2.28. The molecule has 0 aliphatic rings. The lowest BCUT2D eigenvalue weighted by Gasteiger charge is -2.12. The van der Waals surface area contributed by atoms with Gasteiger partial charge in [-0.3, -0.25) is 4.98 Å². The van der Waals surface area contributed by atoms with Gasteiger partial charge in [-0.15, -0.1) is 0 Å². The summed E-state index contributed by atoms with van der Waals surface area (Å²) in [5.41, 5.74) is 2.18. The van der Waals surface area contributed by atoms with Crippen LogP contribution >= 0.6 is 15.9 Å². The SMILES string of the molecule is CNCc1ccncc1Oc1ccc(Br)cc1C. The molecule has 0 fully saturated rings. The molecule has 1 N–H and O–H groups in total. The van der Waals surface area contributed by atoms with E-state index >= 15 is 0 Å². The van der Waals surface area contributed by atoms with E-state index < -0.39 is 0 Å². The average Bonchev–Trinajstić information content (AvgIpc) is 2.35. The highest BCUT2D eigenvalue weighted by molar-refractivity contribution is 9.10. The summed E-state index contributed by atoms with van der Waals surface area (Å²) in [5, 5.41) is 3.12. The van der Waals surface area contributed by atoms with Crippen molar-refractivity contribution in [2.45, 2.75) is 13.5 Å². The highest BCUT2D eigenvalue weighted by Gasteiger charge is 2.06. The van der Waals surface area contributed by atoms with Gasteiger partial charge in [0.2, 0.25) is 0 Å². The van der Waals surface area contributed by atoms with E-state index in [1.54, 1.807) is 12.4 Å². The summed E-state index contributed by atoms with van der Waals surface area (Å²) in [6.07, 6.45) is 3.52. The van der Waals surface area contributed by atoms with Gasteiger partial charge in [0, 0.05) is 22.8 Å². The zero-order valence-corrected chi connectivity index (χ0v) is 12.0. The second kappa shape index (κ2) is 5.98. The minimum absolute atomic E-state index is 0.757. The minimum Gasteiger partial charge on any atom is -0.455 e. The van der Waals surface area contributed by atoms with Crippen LogP contribution in [0.3, 0.4) is 0 Å². The molecule has 2 rings (SSSR count). The first-order valence-electron chi connectivity index (χ1n) is 5.72. The fourth-order valence-electron chi connectivity index (χ4n) is 1.68. The maximum atomic E-state index is 5.92. The van der Waals surface area contributed by atoms with Crippen LogP contribution in [0.4, 0.5) is 0 Å². The molecule has 2 aromatic rings. The molecule has 0 amide bonds. The number of ether oxygens (including phenoxy) is 1. The number of hydrogen-bond acceptors (Lipinski definition) is 3. The molecule has 0 bridgehead atoms. The van der Waals surface area contributed by atoms with E-state index in [9.17, 15) is 0 Å². The standard InChI is InChI=1S/C14H15BrN2O/c1-10-7-12(15)3-4-13(10)18-14-9-17-6-5-11(14)8-16-2/h3-7,9,16H,8H2,1-2H3. The van der Waals surface area contributed by atoms with E-state index in [1.807, 2.05) is 38.2 Å². The number of rotatable bonds is 4. The van der Waals surface area contributed by atoms with Gasteiger partial charge in [0.15, 0.2) is 0 Å². The zero-order valence-electron chi connectivity index (χ0n) is 10.4. The maximum Gasteiger partial charge on any atom is 0.150 e. The van der Waals surface area contributed by atoms with E-state index in [0.29, 0.717) is 0 Å². The zero-order chi connectivity index (χ0) is 13.0. The summed E-state index contributed by atoms with van der Waals surface area (Å²) in [5.74, 6) is 1.64. The number of halogens is 1.